The van der Waals surface area contributed by atoms with E-state index in [1.807, 2.05) is 18.2 Å². The summed E-state index contributed by atoms with van der Waals surface area (Å²) in [7, 11) is 1.56. The maximum absolute atomic E-state index is 11.9. The monoisotopic (exact) mass is 346 g/mol. The van der Waals surface area contributed by atoms with Gasteiger partial charge in [-0.3, -0.25) is 9.59 Å². The number of benzene rings is 2. The van der Waals surface area contributed by atoms with Crippen LogP contribution >= 0.6 is 11.6 Å². The normalized spacial score (nSPS) is 11.6. The number of rotatable bonds is 7. The second-order valence-corrected chi connectivity index (χ2v) is 5.57. The lowest BCUT2D eigenvalue weighted by Crippen LogP contribution is -2.38. The van der Waals surface area contributed by atoms with Crippen LogP contribution in [0, 0.1) is 0 Å². The van der Waals surface area contributed by atoms with Gasteiger partial charge in [-0.2, -0.15) is 0 Å². The van der Waals surface area contributed by atoms with Crippen molar-refractivity contribution in [1.82, 2.24) is 10.6 Å². The fourth-order valence-electron chi connectivity index (χ4n) is 2.17. The molecule has 0 aliphatic heterocycles. The molecule has 2 N–H and O–H groups in total. The molecule has 5 nitrogen and oxygen atoms in total. The lowest BCUT2D eigenvalue weighted by atomic mass is 10.1. The van der Waals surface area contributed by atoms with Crippen molar-refractivity contribution < 1.29 is 14.3 Å². The highest BCUT2D eigenvalue weighted by molar-refractivity contribution is 6.30. The van der Waals surface area contributed by atoms with Crippen molar-refractivity contribution in [3.63, 3.8) is 0 Å². The van der Waals surface area contributed by atoms with E-state index in [2.05, 4.69) is 10.6 Å². The molecule has 0 heterocycles. The molecule has 0 aromatic heterocycles. The Kier molecular flexibility index (Phi) is 6.78. The maximum atomic E-state index is 11.9. The molecule has 0 bridgehead atoms. The van der Waals surface area contributed by atoms with Crippen LogP contribution in [0.4, 0.5) is 0 Å². The summed E-state index contributed by atoms with van der Waals surface area (Å²) >= 11 is 5.96. The third-order valence-corrected chi connectivity index (χ3v) is 3.67. The predicted molar refractivity (Wildman–Crippen MR) is 93.0 cm³/mol. The number of amides is 2. The molecule has 0 spiro atoms. The zero-order valence-corrected chi connectivity index (χ0v) is 14.0. The molecule has 2 aromatic rings. The minimum Gasteiger partial charge on any atom is -0.375 e. The molecule has 6 heteroatoms. The van der Waals surface area contributed by atoms with Crippen LogP contribution in [-0.4, -0.2) is 32.0 Å². The van der Waals surface area contributed by atoms with E-state index in [0.717, 1.165) is 5.56 Å². The van der Waals surface area contributed by atoms with Crippen LogP contribution in [-0.2, 0) is 9.53 Å². The quantitative estimate of drug-likeness (QED) is 0.809. The van der Waals surface area contributed by atoms with Crippen LogP contribution in [0.1, 0.15) is 22.0 Å². The number of carbonyl (C=O) groups is 2. The summed E-state index contributed by atoms with van der Waals surface area (Å²) in [6, 6.07) is 16.0. The molecular weight excluding hydrogens is 328 g/mol. The van der Waals surface area contributed by atoms with Crippen LogP contribution in [0.5, 0.6) is 0 Å². The van der Waals surface area contributed by atoms with Gasteiger partial charge in [-0.25, -0.2) is 0 Å². The third-order valence-electron chi connectivity index (χ3n) is 3.44. The number of nitrogens with one attached hydrogen (secondary N) is 2. The Morgan fingerprint density at radius 2 is 1.83 bits per heavy atom. The number of hydrogen-bond acceptors (Lipinski definition) is 3. The summed E-state index contributed by atoms with van der Waals surface area (Å²) in [5.41, 5.74) is 1.39. The van der Waals surface area contributed by atoms with E-state index in [0.29, 0.717) is 10.6 Å². The Morgan fingerprint density at radius 1 is 1.08 bits per heavy atom. The Bertz CT molecular complexity index is 692. The van der Waals surface area contributed by atoms with Gasteiger partial charge >= 0.3 is 0 Å². The molecule has 126 valence electrons. The van der Waals surface area contributed by atoms with Gasteiger partial charge in [0.25, 0.3) is 5.91 Å². The number of hydrogen-bond donors (Lipinski definition) is 2. The van der Waals surface area contributed by atoms with E-state index >= 15 is 0 Å². The fraction of sp³-hybridized carbons (Fsp3) is 0.222. The number of ether oxygens (including phenoxy) is 1. The second-order valence-electron chi connectivity index (χ2n) is 5.13. The average molecular weight is 347 g/mol. The zero-order chi connectivity index (χ0) is 17.4. The summed E-state index contributed by atoms with van der Waals surface area (Å²) in [5, 5.41) is 5.92. The highest BCUT2D eigenvalue weighted by Gasteiger charge is 2.13. The highest BCUT2D eigenvalue weighted by atomic mass is 35.5. The molecule has 0 radical (unpaired) electrons. The van der Waals surface area contributed by atoms with E-state index in [1.165, 1.54) is 0 Å². The van der Waals surface area contributed by atoms with E-state index < -0.39 is 0 Å². The average Bonchev–Trinajstić information content (AvgIpc) is 2.61. The summed E-state index contributed by atoms with van der Waals surface area (Å²) in [4.78, 5) is 23.8. The van der Waals surface area contributed by atoms with Gasteiger partial charge in [-0.05, 0) is 29.8 Å². The topological polar surface area (TPSA) is 67.4 Å². The van der Waals surface area contributed by atoms with Crippen LogP contribution < -0.4 is 10.6 Å². The molecule has 0 aliphatic carbocycles. The van der Waals surface area contributed by atoms with Crippen LogP contribution in [0.15, 0.2) is 54.6 Å². The molecule has 0 saturated carbocycles. The highest BCUT2D eigenvalue weighted by Crippen LogP contribution is 2.19. The predicted octanol–water partition coefficient (Wildman–Crippen LogP) is 2.57. The molecule has 0 aliphatic rings. The van der Waals surface area contributed by atoms with Gasteiger partial charge in [0.15, 0.2) is 0 Å². The fourth-order valence-corrected chi connectivity index (χ4v) is 2.36. The van der Waals surface area contributed by atoms with Gasteiger partial charge in [0.05, 0.1) is 12.6 Å². The molecule has 0 saturated heterocycles. The van der Waals surface area contributed by atoms with Crippen molar-refractivity contribution in [2.75, 3.05) is 20.2 Å². The number of carbonyl (C=O) groups excluding carboxylic acids is 2. The minimum atomic E-state index is -0.308. The number of methoxy groups -OCH3 is 1. The van der Waals surface area contributed by atoms with Crippen molar-refractivity contribution in [3.05, 3.63) is 70.7 Å². The first-order valence-electron chi connectivity index (χ1n) is 7.48. The lowest BCUT2D eigenvalue weighted by molar-refractivity contribution is -0.120. The van der Waals surface area contributed by atoms with E-state index in [9.17, 15) is 9.59 Å². The molecule has 24 heavy (non-hydrogen) atoms. The SMILES string of the molecule is CO[C@H](CNC(=O)CNC(=O)c1ccccc1)c1cccc(Cl)c1. The first-order valence-corrected chi connectivity index (χ1v) is 7.86. The first-order chi connectivity index (χ1) is 11.6. The molecule has 2 amide bonds. The minimum absolute atomic E-state index is 0.0975. The van der Waals surface area contributed by atoms with Gasteiger partial charge in [0, 0.05) is 24.2 Å². The molecule has 2 rings (SSSR count). The van der Waals surface area contributed by atoms with E-state index in [-0.39, 0.29) is 31.0 Å². The van der Waals surface area contributed by atoms with Gasteiger partial charge in [-0.15, -0.1) is 0 Å². The Balaban J connectivity index is 1.80. The largest absolute Gasteiger partial charge is 0.375 e. The Hall–Kier alpha value is -2.37. The summed E-state index contributed by atoms with van der Waals surface area (Å²) in [6.45, 7) is 0.191. The molecule has 1 atom stereocenters. The summed E-state index contributed by atoms with van der Waals surface area (Å²) in [6.07, 6.45) is -0.308. The van der Waals surface area contributed by atoms with Gasteiger partial charge in [-0.1, -0.05) is 41.9 Å². The summed E-state index contributed by atoms with van der Waals surface area (Å²) < 4.78 is 5.38. The number of halogens is 1. The van der Waals surface area contributed by atoms with Gasteiger partial charge < -0.3 is 15.4 Å². The van der Waals surface area contributed by atoms with Crippen LogP contribution in [0.3, 0.4) is 0 Å². The van der Waals surface area contributed by atoms with E-state index in [1.54, 1.807) is 43.5 Å². The maximum Gasteiger partial charge on any atom is 0.251 e. The van der Waals surface area contributed by atoms with Crippen molar-refractivity contribution in [1.29, 1.82) is 0 Å². The van der Waals surface area contributed by atoms with Gasteiger partial charge in [0.2, 0.25) is 5.91 Å². The smallest absolute Gasteiger partial charge is 0.251 e. The van der Waals surface area contributed by atoms with Crippen molar-refractivity contribution in [2.45, 2.75) is 6.10 Å². The van der Waals surface area contributed by atoms with Crippen molar-refractivity contribution in [3.8, 4) is 0 Å². The van der Waals surface area contributed by atoms with Crippen molar-refractivity contribution in [2.24, 2.45) is 0 Å². The Morgan fingerprint density at radius 3 is 2.50 bits per heavy atom. The second kappa shape index (κ2) is 9.05. The third kappa shape index (κ3) is 5.37. The molecule has 0 unspecified atom stereocenters. The van der Waals surface area contributed by atoms with Crippen LogP contribution in [0.2, 0.25) is 5.02 Å². The van der Waals surface area contributed by atoms with Crippen LogP contribution in [0.25, 0.3) is 0 Å². The van der Waals surface area contributed by atoms with E-state index in [4.69, 9.17) is 16.3 Å². The standard InChI is InChI=1S/C18H19ClN2O3/c1-24-16(14-8-5-9-15(19)10-14)11-20-17(22)12-21-18(23)13-6-3-2-4-7-13/h2-10,16H,11-12H2,1H3,(H,20,22)(H,21,23)/t16-/m1/s1. The molecular formula is C18H19ClN2O3. The molecule has 0 fully saturated rings. The Labute approximate surface area is 146 Å². The zero-order valence-electron chi connectivity index (χ0n) is 13.3. The molecule has 2 aromatic carbocycles. The lowest BCUT2D eigenvalue weighted by Gasteiger charge is -2.17. The first kappa shape index (κ1) is 18.0. The van der Waals surface area contributed by atoms with Gasteiger partial charge in [0.1, 0.15) is 0 Å². The van der Waals surface area contributed by atoms with Crippen molar-refractivity contribution >= 4 is 23.4 Å². The summed E-state index contributed by atoms with van der Waals surface area (Å²) in [5.74, 6) is -0.577.